The van der Waals surface area contributed by atoms with Crippen LogP contribution in [-0.2, 0) is 9.53 Å². The van der Waals surface area contributed by atoms with E-state index in [4.69, 9.17) is 18.9 Å². The lowest BCUT2D eigenvalue weighted by molar-refractivity contribution is -0.137. The molecule has 5 nitrogen and oxygen atoms in total. The Kier molecular flexibility index (Phi) is 6.46. The molecule has 5 heteroatoms. The van der Waals surface area contributed by atoms with Crippen molar-refractivity contribution in [2.75, 3.05) is 27.9 Å². The average Bonchev–Trinajstić information content (AvgIpc) is 2.65. The van der Waals surface area contributed by atoms with Crippen molar-refractivity contribution in [2.45, 2.75) is 6.92 Å². The largest absolute Gasteiger partial charge is 0.497 e. The summed E-state index contributed by atoms with van der Waals surface area (Å²) in [4.78, 5) is 11.6. The van der Waals surface area contributed by atoms with Gasteiger partial charge < -0.3 is 18.9 Å². The van der Waals surface area contributed by atoms with Crippen molar-refractivity contribution < 1.29 is 23.7 Å². The second kappa shape index (κ2) is 8.78. The molecule has 0 amide bonds. The number of hydrogen-bond acceptors (Lipinski definition) is 5. The van der Waals surface area contributed by atoms with E-state index < -0.39 is 0 Å². The van der Waals surface area contributed by atoms with E-state index in [-0.39, 0.29) is 5.97 Å². The minimum atomic E-state index is -0.386. The van der Waals surface area contributed by atoms with Crippen LogP contribution in [0.25, 0.3) is 17.2 Å². The number of hydrogen-bond donors (Lipinski definition) is 0. The summed E-state index contributed by atoms with van der Waals surface area (Å²) in [6.45, 7) is 2.11. The molecule has 25 heavy (non-hydrogen) atoms. The van der Waals surface area contributed by atoms with Gasteiger partial charge in [-0.2, -0.15) is 0 Å². The molecule has 0 aliphatic rings. The van der Waals surface area contributed by atoms with Gasteiger partial charge in [-0.15, -0.1) is 0 Å². The van der Waals surface area contributed by atoms with Crippen LogP contribution in [0.15, 0.2) is 42.5 Å². The van der Waals surface area contributed by atoms with Gasteiger partial charge >= 0.3 is 5.97 Å². The first-order chi connectivity index (χ1) is 12.1. The fourth-order valence-corrected chi connectivity index (χ4v) is 2.42. The summed E-state index contributed by atoms with van der Waals surface area (Å²) in [5.41, 5.74) is 2.70. The van der Waals surface area contributed by atoms with Gasteiger partial charge in [-0.25, -0.2) is 4.79 Å². The Morgan fingerprint density at radius 1 is 0.960 bits per heavy atom. The van der Waals surface area contributed by atoms with Crippen molar-refractivity contribution in [3.8, 4) is 28.4 Å². The smallest absolute Gasteiger partial charge is 0.330 e. The van der Waals surface area contributed by atoms with E-state index >= 15 is 0 Å². The lowest BCUT2D eigenvalue weighted by Crippen LogP contribution is -1.99. The zero-order chi connectivity index (χ0) is 18.2. The molecule has 2 rings (SSSR count). The molecule has 2 aromatic carbocycles. The highest BCUT2D eigenvalue weighted by molar-refractivity contribution is 5.89. The minimum absolute atomic E-state index is 0.337. The van der Waals surface area contributed by atoms with Crippen LogP contribution in [-0.4, -0.2) is 33.9 Å². The quantitative estimate of drug-likeness (QED) is 0.563. The molecular formula is C20H22O5. The molecule has 0 saturated carbocycles. The molecule has 0 fully saturated rings. The lowest BCUT2D eigenvalue weighted by atomic mass is 9.98. The summed E-state index contributed by atoms with van der Waals surface area (Å²) >= 11 is 0. The predicted molar refractivity (Wildman–Crippen MR) is 97.2 cm³/mol. The van der Waals surface area contributed by atoms with Gasteiger partial charge in [0.25, 0.3) is 0 Å². The highest BCUT2D eigenvalue weighted by Crippen LogP contribution is 2.35. The second-order valence-corrected chi connectivity index (χ2v) is 5.11. The maximum Gasteiger partial charge on any atom is 0.330 e. The standard InChI is InChI=1S/C20H22O5/c1-5-25-20(21)11-7-14-12-16(22-2)8-9-17(14)15-6-10-18(23-3)19(13-15)24-4/h6-13H,5H2,1-4H3/b11-7+. The Bertz CT molecular complexity index is 765. The van der Waals surface area contributed by atoms with E-state index in [1.54, 1.807) is 34.3 Å². The van der Waals surface area contributed by atoms with Crippen LogP contribution in [0.3, 0.4) is 0 Å². The van der Waals surface area contributed by atoms with Gasteiger partial charge in [-0.1, -0.05) is 12.1 Å². The maximum absolute atomic E-state index is 11.6. The topological polar surface area (TPSA) is 54.0 Å². The van der Waals surface area contributed by atoms with Crippen molar-refractivity contribution in [3.63, 3.8) is 0 Å². The first-order valence-corrected chi connectivity index (χ1v) is 7.88. The van der Waals surface area contributed by atoms with E-state index in [0.717, 1.165) is 16.7 Å². The average molecular weight is 342 g/mol. The number of benzene rings is 2. The number of carbonyl (C=O) groups is 1. The van der Waals surface area contributed by atoms with Crippen molar-refractivity contribution in [3.05, 3.63) is 48.0 Å². The molecule has 0 spiro atoms. The van der Waals surface area contributed by atoms with Gasteiger partial charge in [0.2, 0.25) is 0 Å². The maximum atomic E-state index is 11.6. The van der Waals surface area contributed by atoms with Crippen LogP contribution < -0.4 is 14.2 Å². The number of methoxy groups -OCH3 is 3. The molecular weight excluding hydrogens is 320 g/mol. The van der Waals surface area contributed by atoms with Gasteiger partial charge in [-0.3, -0.25) is 0 Å². The molecule has 0 saturated heterocycles. The van der Waals surface area contributed by atoms with Crippen LogP contribution in [0.5, 0.6) is 17.2 Å². The summed E-state index contributed by atoms with van der Waals surface area (Å²) in [5.74, 6) is 1.61. The Morgan fingerprint density at radius 3 is 2.36 bits per heavy atom. The molecule has 132 valence electrons. The molecule has 0 unspecified atom stereocenters. The monoisotopic (exact) mass is 342 g/mol. The van der Waals surface area contributed by atoms with Crippen molar-refractivity contribution >= 4 is 12.0 Å². The lowest BCUT2D eigenvalue weighted by Gasteiger charge is -2.12. The second-order valence-electron chi connectivity index (χ2n) is 5.11. The Hall–Kier alpha value is -2.95. The van der Waals surface area contributed by atoms with Gasteiger partial charge in [0.15, 0.2) is 11.5 Å². The highest BCUT2D eigenvalue weighted by Gasteiger charge is 2.10. The summed E-state index contributed by atoms with van der Waals surface area (Å²) in [6.07, 6.45) is 3.12. The van der Waals surface area contributed by atoms with Gasteiger partial charge in [0, 0.05) is 6.08 Å². The van der Waals surface area contributed by atoms with Gasteiger partial charge in [0.1, 0.15) is 5.75 Å². The number of esters is 1. The van der Waals surface area contributed by atoms with Gasteiger partial charge in [-0.05, 0) is 54.0 Å². The molecule has 0 aliphatic carbocycles. The van der Waals surface area contributed by atoms with Crippen LogP contribution in [0, 0.1) is 0 Å². The number of rotatable bonds is 7. The van der Waals surface area contributed by atoms with Crippen LogP contribution in [0.2, 0.25) is 0 Å². The summed E-state index contributed by atoms with van der Waals surface area (Å²) in [5, 5.41) is 0. The van der Waals surface area contributed by atoms with E-state index in [9.17, 15) is 4.79 Å². The summed E-state index contributed by atoms with van der Waals surface area (Å²) in [7, 11) is 4.79. The minimum Gasteiger partial charge on any atom is -0.497 e. The fourth-order valence-electron chi connectivity index (χ4n) is 2.42. The van der Waals surface area contributed by atoms with Crippen molar-refractivity contribution in [2.24, 2.45) is 0 Å². The molecule has 2 aromatic rings. The zero-order valence-corrected chi connectivity index (χ0v) is 14.9. The summed E-state index contributed by atoms with van der Waals surface area (Å²) < 4.78 is 20.9. The molecule has 0 heterocycles. The summed E-state index contributed by atoms with van der Waals surface area (Å²) in [6, 6.07) is 11.3. The van der Waals surface area contributed by atoms with E-state index in [1.807, 2.05) is 36.4 Å². The van der Waals surface area contributed by atoms with E-state index in [0.29, 0.717) is 23.9 Å². The molecule has 0 radical (unpaired) electrons. The molecule has 0 N–H and O–H groups in total. The first-order valence-electron chi connectivity index (χ1n) is 7.88. The van der Waals surface area contributed by atoms with Crippen molar-refractivity contribution in [1.29, 1.82) is 0 Å². The van der Waals surface area contributed by atoms with E-state index in [2.05, 4.69) is 0 Å². The Balaban J connectivity index is 2.48. The first kappa shape index (κ1) is 18.4. The number of ether oxygens (including phenoxy) is 4. The van der Waals surface area contributed by atoms with Crippen molar-refractivity contribution in [1.82, 2.24) is 0 Å². The Labute approximate surface area is 147 Å². The van der Waals surface area contributed by atoms with Crippen LogP contribution in [0.1, 0.15) is 12.5 Å². The zero-order valence-electron chi connectivity index (χ0n) is 14.9. The molecule has 0 aliphatic heterocycles. The van der Waals surface area contributed by atoms with Crippen LogP contribution >= 0.6 is 0 Å². The fraction of sp³-hybridized carbons (Fsp3) is 0.250. The van der Waals surface area contributed by atoms with E-state index in [1.165, 1.54) is 6.08 Å². The third kappa shape index (κ3) is 4.53. The predicted octanol–water partition coefficient (Wildman–Crippen LogP) is 3.96. The SMILES string of the molecule is CCOC(=O)/C=C/c1cc(OC)ccc1-c1ccc(OC)c(OC)c1. The molecule has 0 bridgehead atoms. The third-order valence-electron chi connectivity index (χ3n) is 3.64. The molecule has 0 atom stereocenters. The Morgan fingerprint density at radius 2 is 1.72 bits per heavy atom. The third-order valence-corrected chi connectivity index (χ3v) is 3.64. The number of carbonyl (C=O) groups excluding carboxylic acids is 1. The highest BCUT2D eigenvalue weighted by atomic mass is 16.5. The van der Waals surface area contributed by atoms with Gasteiger partial charge in [0.05, 0.1) is 27.9 Å². The molecule has 0 aromatic heterocycles. The van der Waals surface area contributed by atoms with Crippen LogP contribution in [0.4, 0.5) is 0 Å². The normalized spacial score (nSPS) is 10.6.